The summed E-state index contributed by atoms with van der Waals surface area (Å²) in [6, 6.07) is 6.72. The fraction of sp³-hybridized carbons (Fsp3) is 0.438. The fourth-order valence-electron chi connectivity index (χ4n) is 2.63. The molecule has 5 heteroatoms. The molecule has 2 aromatic rings. The second kappa shape index (κ2) is 7.07. The van der Waals surface area contributed by atoms with Gasteiger partial charge < -0.3 is 5.32 Å². The van der Waals surface area contributed by atoms with Gasteiger partial charge in [0.15, 0.2) is 0 Å². The molecule has 0 radical (unpaired) electrons. The number of likely N-dealkylation sites (N-methyl/N-ethyl adjacent to an activating group) is 1. The third kappa shape index (κ3) is 3.58. The molecular weight excluding hydrogens is 394 g/mol. The molecule has 1 unspecified atom stereocenters. The van der Waals surface area contributed by atoms with E-state index in [1.165, 1.54) is 16.8 Å². The fourth-order valence-corrected chi connectivity index (χ4v) is 3.89. The number of benzene rings is 1. The lowest BCUT2D eigenvalue weighted by atomic mass is 9.97. The molecule has 2 rings (SSSR count). The van der Waals surface area contributed by atoms with Gasteiger partial charge in [-0.25, -0.2) is 0 Å². The Hall–Kier alpha value is -0.650. The highest BCUT2D eigenvalue weighted by atomic mass is 79.9. The van der Waals surface area contributed by atoms with Gasteiger partial charge in [-0.1, -0.05) is 28.9 Å². The van der Waals surface area contributed by atoms with Crippen molar-refractivity contribution in [1.29, 1.82) is 0 Å². The van der Waals surface area contributed by atoms with E-state index in [1.807, 2.05) is 18.8 Å². The molecule has 0 aliphatic heterocycles. The zero-order valence-electron chi connectivity index (χ0n) is 12.9. The van der Waals surface area contributed by atoms with Crippen LogP contribution in [0.25, 0.3) is 0 Å². The molecule has 114 valence electrons. The zero-order valence-corrected chi connectivity index (χ0v) is 16.0. The summed E-state index contributed by atoms with van der Waals surface area (Å²) in [4.78, 5) is 0. The Labute approximate surface area is 143 Å². The summed E-state index contributed by atoms with van der Waals surface area (Å²) in [5.74, 6) is 0. The molecular formula is C16H21Br2N3. The quantitative estimate of drug-likeness (QED) is 0.789. The van der Waals surface area contributed by atoms with Gasteiger partial charge in [0.25, 0.3) is 0 Å². The van der Waals surface area contributed by atoms with Crippen molar-refractivity contribution in [3.8, 4) is 0 Å². The number of hydrogen-bond acceptors (Lipinski definition) is 2. The van der Waals surface area contributed by atoms with Gasteiger partial charge in [0, 0.05) is 24.0 Å². The minimum Gasteiger partial charge on any atom is -0.313 e. The first-order valence-corrected chi connectivity index (χ1v) is 8.70. The van der Waals surface area contributed by atoms with Crippen molar-refractivity contribution in [2.45, 2.75) is 32.7 Å². The normalized spacial score (nSPS) is 12.7. The van der Waals surface area contributed by atoms with Crippen LogP contribution in [0.1, 0.15) is 35.5 Å². The van der Waals surface area contributed by atoms with Crippen LogP contribution in [0.3, 0.4) is 0 Å². The first-order valence-electron chi connectivity index (χ1n) is 7.11. The van der Waals surface area contributed by atoms with E-state index in [0.717, 1.165) is 27.5 Å². The van der Waals surface area contributed by atoms with Gasteiger partial charge in [-0.2, -0.15) is 5.10 Å². The Morgan fingerprint density at radius 3 is 2.57 bits per heavy atom. The molecule has 0 fully saturated rings. The second-order valence-electron chi connectivity index (χ2n) is 5.23. The molecule has 0 spiro atoms. The van der Waals surface area contributed by atoms with E-state index < -0.39 is 0 Å². The number of rotatable bonds is 5. The second-order valence-corrected chi connectivity index (χ2v) is 6.94. The minimum atomic E-state index is 0.273. The molecule has 1 heterocycles. The van der Waals surface area contributed by atoms with Crippen molar-refractivity contribution < 1.29 is 0 Å². The van der Waals surface area contributed by atoms with Crippen LogP contribution in [0.4, 0.5) is 0 Å². The number of halogens is 2. The highest BCUT2D eigenvalue weighted by Crippen LogP contribution is 2.29. The van der Waals surface area contributed by atoms with E-state index in [-0.39, 0.29) is 6.04 Å². The van der Waals surface area contributed by atoms with Crippen LogP contribution in [0.15, 0.2) is 27.1 Å². The third-order valence-corrected chi connectivity index (χ3v) is 5.26. The molecule has 0 bridgehead atoms. The summed E-state index contributed by atoms with van der Waals surface area (Å²) in [6.07, 6.45) is 1.85. The van der Waals surface area contributed by atoms with Gasteiger partial charge in [0.05, 0.1) is 15.9 Å². The zero-order chi connectivity index (χ0) is 15.6. The molecule has 0 aliphatic carbocycles. The molecule has 21 heavy (non-hydrogen) atoms. The number of nitrogens with zero attached hydrogens (tertiary/aromatic N) is 2. The predicted molar refractivity (Wildman–Crippen MR) is 94.7 cm³/mol. The SMILES string of the molecule is CCc1nn(C)c(CC(NC)c2ccc(Br)cc2C)c1Br. The Bertz CT molecular complexity index is 635. The van der Waals surface area contributed by atoms with Crippen molar-refractivity contribution in [2.75, 3.05) is 7.05 Å². The summed E-state index contributed by atoms with van der Waals surface area (Å²) in [7, 11) is 4.03. The van der Waals surface area contributed by atoms with Crippen molar-refractivity contribution in [3.63, 3.8) is 0 Å². The third-order valence-electron chi connectivity index (χ3n) is 3.86. The van der Waals surface area contributed by atoms with Crippen LogP contribution in [0, 0.1) is 6.92 Å². The maximum Gasteiger partial charge on any atom is 0.0766 e. The van der Waals surface area contributed by atoms with E-state index in [9.17, 15) is 0 Å². The van der Waals surface area contributed by atoms with Crippen LogP contribution in [-0.2, 0) is 19.9 Å². The van der Waals surface area contributed by atoms with E-state index in [1.54, 1.807) is 0 Å². The number of nitrogens with one attached hydrogen (secondary N) is 1. The van der Waals surface area contributed by atoms with Gasteiger partial charge in [0.2, 0.25) is 0 Å². The smallest absolute Gasteiger partial charge is 0.0766 e. The average Bonchev–Trinajstić information content (AvgIpc) is 2.72. The number of aromatic nitrogens is 2. The molecule has 1 N–H and O–H groups in total. The lowest BCUT2D eigenvalue weighted by Crippen LogP contribution is -2.21. The van der Waals surface area contributed by atoms with Gasteiger partial charge >= 0.3 is 0 Å². The molecule has 0 aliphatic rings. The Balaban J connectivity index is 2.33. The molecule has 0 saturated heterocycles. The summed E-state index contributed by atoms with van der Waals surface area (Å²) >= 11 is 7.23. The monoisotopic (exact) mass is 413 g/mol. The van der Waals surface area contributed by atoms with E-state index >= 15 is 0 Å². The van der Waals surface area contributed by atoms with E-state index in [4.69, 9.17) is 0 Å². The van der Waals surface area contributed by atoms with Crippen LogP contribution in [0.5, 0.6) is 0 Å². The van der Waals surface area contributed by atoms with E-state index in [2.05, 4.69) is 74.3 Å². The lowest BCUT2D eigenvalue weighted by molar-refractivity contribution is 0.557. The van der Waals surface area contributed by atoms with Crippen LogP contribution in [-0.4, -0.2) is 16.8 Å². The maximum atomic E-state index is 4.58. The first-order chi connectivity index (χ1) is 9.97. The maximum absolute atomic E-state index is 4.58. The van der Waals surface area contributed by atoms with Crippen molar-refractivity contribution in [1.82, 2.24) is 15.1 Å². The Morgan fingerprint density at radius 2 is 2.05 bits per heavy atom. The van der Waals surface area contributed by atoms with Crippen LogP contribution in [0.2, 0.25) is 0 Å². The van der Waals surface area contributed by atoms with Gasteiger partial charge in [-0.15, -0.1) is 0 Å². The molecule has 1 aromatic heterocycles. The topological polar surface area (TPSA) is 29.9 Å². The summed E-state index contributed by atoms with van der Waals surface area (Å²) in [5.41, 5.74) is 4.97. The molecule has 1 atom stereocenters. The van der Waals surface area contributed by atoms with Crippen LogP contribution >= 0.6 is 31.9 Å². The standard InChI is InChI=1S/C16H21Br2N3/c1-5-13-16(18)15(21(4)20-13)9-14(19-3)12-7-6-11(17)8-10(12)2/h6-8,14,19H,5,9H2,1-4H3. The molecule has 1 aromatic carbocycles. The first kappa shape index (κ1) is 16.7. The summed E-state index contributed by atoms with van der Waals surface area (Å²) in [5, 5.41) is 8.01. The minimum absolute atomic E-state index is 0.273. The number of hydrogen-bond donors (Lipinski definition) is 1. The molecule has 3 nitrogen and oxygen atoms in total. The Morgan fingerprint density at radius 1 is 1.33 bits per heavy atom. The largest absolute Gasteiger partial charge is 0.313 e. The summed E-state index contributed by atoms with van der Waals surface area (Å²) in [6.45, 7) is 4.28. The number of aryl methyl sites for hydroxylation is 3. The highest BCUT2D eigenvalue weighted by molar-refractivity contribution is 9.10. The highest BCUT2D eigenvalue weighted by Gasteiger charge is 2.19. The summed E-state index contributed by atoms with van der Waals surface area (Å²) < 4.78 is 4.25. The van der Waals surface area contributed by atoms with Gasteiger partial charge in [0.1, 0.15) is 0 Å². The van der Waals surface area contributed by atoms with Crippen molar-refractivity contribution in [3.05, 3.63) is 49.7 Å². The molecule has 0 saturated carbocycles. The van der Waals surface area contributed by atoms with Gasteiger partial charge in [-0.05, 0) is 59.6 Å². The average molecular weight is 415 g/mol. The predicted octanol–water partition coefficient (Wildman–Crippen LogP) is 4.32. The van der Waals surface area contributed by atoms with Crippen LogP contribution < -0.4 is 5.32 Å². The van der Waals surface area contributed by atoms with Crippen molar-refractivity contribution in [2.24, 2.45) is 7.05 Å². The molecule has 0 amide bonds. The lowest BCUT2D eigenvalue weighted by Gasteiger charge is -2.19. The van der Waals surface area contributed by atoms with Gasteiger partial charge in [-0.3, -0.25) is 4.68 Å². The van der Waals surface area contributed by atoms with Crippen molar-refractivity contribution >= 4 is 31.9 Å². The Kier molecular flexibility index (Phi) is 5.63. The van der Waals surface area contributed by atoms with E-state index in [0.29, 0.717) is 0 Å².